The van der Waals surface area contributed by atoms with Crippen LogP contribution in [0.5, 0.6) is 23.0 Å². The van der Waals surface area contributed by atoms with Crippen LogP contribution in [-0.2, 0) is 19.6 Å². The van der Waals surface area contributed by atoms with Gasteiger partial charge in [0.05, 0.1) is 45.2 Å². The molecule has 1 amide bonds. The summed E-state index contributed by atoms with van der Waals surface area (Å²) in [6, 6.07) is 16.8. The Bertz CT molecular complexity index is 1440. The minimum Gasteiger partial charge on any atom is -0.493 e. The predicted molar refractivity (Wildman–Crippen MR) is 142 cm³/mol. The Balaban J connectivity index is 1.83. The highest BCUT2D eigenvalue weighted by Gasteiger charge is 2.28. The molecule has 0 bridgehead atoms. The molecule has 39 heavy (non-hydrogen) atoms. The van der Waals surface area contributed by atoms with Crippen LogP contribution in [0, 0.1) is 0 Å². The van der Waals surface area contributed by atoms with Gasteiger partial charge in [0.1, 0.15) is 6.54 Å². The summed E-state index contributed by atoms with van der Waals surface area (Å²) in [5.74, 6) is 0.325. The summed E-state index contributed by atoms with van der Waals surface area (Å²) in [6.45, 7) is -0.584. The predicted octanol–water partition coefficient (Wildman–Crippen LogP) is 3.20. The van der Waals surface area contributed by atoms with Gasteiger partial charge >= 0.3 is 6.16 Å². The highest BCUT2D eigenvalue weighted by Crippen LogP contribution is 2.33. The van der Waals surface area contributed by atoms with Crippen molar-refractivity contribution in [2.45, 2.75) is 4.90 Å². The standard InChI is InChI=1S/C26H27N3O9S/c1-34-21-13-11-19(15-24(21)36-3)29(39(32,33)20-8-6-5-7-9-20)17-25(30)28-27-16-18-10-12-22(23(14-18)35-2)38-26(31)37-4/h5-16H,17H2,1-4H3,(H,28,30)/b27-16+. The van der Waals surface area contributed by atoms with E-state index >= 15 is 0 Å². The number of carbonyl (C=O) groups is 2. The van der Waals surface area contributed by atoms with Crippen LogP contribution in [0.3, 0.4) is 0 Å². The summed E-state index contributed by atoms with van der Waals surface area (Å²) in [4.78, 5) is 24.2. The molecule has 13 heteroatoms. The minimum absolute atomic E-state index is 0.00237. The van der Waals surface area contributed by atoms with Gasteiger partial charge in [-0.3, -0.25) is 9.10 Å². The first-order valence-corrected chi connectivity index (χ1v) is 12.7. The molecule has 0 atom stereocenters. The van der Waals surface area contributed by atoms with Crippen molar-refractivity contribution in [3.63, 3.8) is 0 Å². The fraction of sp³-hybridized carbons (Fsp3) is 0.192. The highest BCUT2D eigenvalue weighted by atomic mass is 32.2. The molecule has 0 aliphatic rings. The number of anilines is 1. The first-order chi connectivity index (χ1) is 18.7. The number of ether oxygens (including phenoxy) is 5. The zero-order valence-electron chi connectivity index (χ0n) is 21.6. The normalized spacial score (nSPS) is 11.0. The number of nitrogens with zero attached hydrogens (tertiary/aromatic N) is 2. The zero-order valence-corrected chi connectivity index (χ0v) is 22.4. The van der Waals surface area contributed by atoms with Crippen LogP contribution >= 0.6 is 0 Å². The first kappa shape index (κ1) is 28.8. The fourth-order valence-corrected chi connectivity index (χ4v) is 4.77. The molecule has 0 heterocycles. The number of amides is 1. The Morgan fingerprint density at radius 1 is 0.846 bits per heavy atom. The van der Waals surface area contributed by atoms with Gasteiger partial charge in [0.2, 0.25) is 0 Å². The quantitative estimate of drug-likeness (QED) is 0.163. The van der Waals surface area contributed by atoms with Gasteiger partial charge in [0.15, 0.2) is 23.0 Å². The van der Waals surface area contributed by atoms with Crippen LogP contribution in [0.4, 0.5) is 10.5 Å². The van der Waals surface area contributed by atoms with E-state index in [2.05, 4.69) is 15.3 Å². The molecule has 0 fully saturated rings. The van der Waals surface area contributed by atoms with Gasteiger partial charge < -0.3 is 23.7 Å². The maximum Gasteiger partial charge on any atom is 0.513 e. The number of sulfonamides is 1. The molecule has 0 aromatic heterocycles. The number of carbonyl (C=O) groups excluding carboxylic acids is 2. The molecule has 0 saturated heterocycles. The van der Waals surface area contributed by atoms with Gasteiger partial charge in [0, 0.05) is 6.07 Å². The van der Waals surface area contributed by atoms with Crippen molar-refractivity contribution in [1.82, 2.24) is 5.43 Å². The van der Waals surface area contributed by atoms with Crippen molar-refractivity contribution in [1.29, 1.82) is 0 Å². The lowest BCUT2D eigenvalue weighted by molar-refractivity contribution is -0.119. The van der Waals surface area contributed by atoms with E-state index in [0.29, 0.717) is 11.3 Å². The third-order valence-electron chi connectivity index (χ3n) is 5.22. The van der Waals surface area contributed by atoms with E-state index in [9.17, 15) is 18.0 Å². The summed E-state index contributed by atoms with van der Waals surface area (Å²) < 4.78 is 53.1. The largest absolute Gasteiger partial charge is 0.513 e. The molecule has 12 nitrogen and oxygen atoms in total. The second-order valence-electron chi connectivity index (χ2n) is 7.62. The smallest absolute Gasteiger partial charge is 0.493 e. The first-order valence-electron chi connectivity index (χ1n) is 11.3. The third-order valence-corrected chi connectivity index (χ3v) is 7.01. The average Bonchev–Trinajstić information content (AvgIpc) is 2.96. The molecule has 0 saturated carbocycles. The lowest BCUT2D eigenvalue weighted by Crippen LogP contribution is -2.39. The lowest BCUT2D eigenvalue weighted by atomic mass is 10.2. The molecule has 3 aromatic rings. The van der Waals surface area contributed by atoms with Crippen LogP contribution in [0.15, 0.2) is 76.7 Å². The molecular formula is C26H27N3O9S. The average molecular weight is 558 g/mol. The number of hydrogen-bond donors (Lipinski definition) is 1. The van der Waals surface area contributed by atoms with Crippen molar-refractivity contribution in [3.8, 4) is 23.0 Å². The minimum atomic E-state index is -4.14. The molecule has 0 unspecified atom stereocenters. The van der Waals surface area contributed by atoms with Crippen LogP contribution in [0.1, 0.15) is 5.56 Å². The van der Waals surface area contributed by atoms with Crippen molar-refractivity contribution < 1.29 is 41.7 Å². The van der Waals surface area contributed by atoms with Crippen LogP contribution in [-0.4, -0.2) is 61.7 Å². The summed E-state index contributed by atoms with van der Waals surface area (Å²) >= 11 is 0. The van der Waals surface area contributed by atoms with Crippen molar-refractivity contribution in [2.75, 3.05) is 39.3 Å². The summed E-state index contributed by atoms with van der Waals surface area (Å²) in [5, 5.41) is 3.91. The van der Waals surface area contributed by atoms with E-state index in [0.717, 1.165) is 4.31 Å². The van der Waals surface area contributed by atoms with E-state index in [1.807, 2.05) is 0 Å². The Morgan fingerprint density at radius 2 is 1.49 bits per heavy atom. The van der Waals surface area contributed by atoms with Gasteiger partial charge in [0.25, 0.3) is 15.9 Å². The summed E-state index contributed by atoms with van der Waals surface area (Å²) in [6.07, 6.45) is 0.404. The lowest BCUT2D eigenvalue weighted by Gasteiger charge is -2.24. The maximum atomic E-state index is 13.5. The molecule has 0 aliphatic heterocycles. The van der Waals surface area contributed by atoms with Crippen LogP contribution in [0.25, 0.3) is 0 Å². The summed E-state index contributed by atoms with van der Waals surface area (Å²) in [7, 11) is 1.30. The number of nitrogens with one attached hydrogen (secondary N) is 1. The van der Waals surface area contributed by atoms with E-state index in [1.54, 1.807) is 30.3 Å². The van der Waals surface area contributed by atoms with Crippen molar-refractivity contribution in [2.24, 2.45) is 5.10 Å². The molecule has 0 radical (unpaired) electrons. The van der Waals surface area contributed by atoms with Crippen molar-refractivity contribution >= 4 is 34.0 Å². The monoisotopic (exact) mass is 557 g/mol. The zero-order chi connectivity index (χ0) is 28.4. The Hall–Kier alpha value is -4.78. The van der Waals surface area contributed by atoms with Gasteiger partial charge in [-0.2, -0.15) is 5.10 Å². The highest BCUT2D eigenvalue weighted by molar-refractivity contribution is 7.92. The van der Waals surface area contributed by atoms with E-state index in [4.69, 9.17) is 18.9 Å². The maximum absolute atomic E-state index is 13.5. The fourth-order valence-electron chi connectivity index (χ4n) is 3.34. The van der Waals surface area contributed by atoms with Crippen LogP contribution < -0.4 is 28.7 Å². The molecule has 0 aliphatic carbocycles. The summed E-state index contributed by atoms with van der Waals surface area (Å²) in [5.41, 5.74) is 3.00. The van der Waals surface area contributed by atoms with E-state index < -0.39 is 28.6 Å². The van der Waals surface area contributed by atoms with Crippen molar-refractivity contribution in [3.05, 3.63) is 72.3 Å². The van der Waals surface area contributed by atoms with Gasteiger partial charge in [-0.05, 0) is 48.0 Å². The number of hydrazone groups is 1. The number of hydrogen-bond acceptors (Lipinski definition) is 10. The Morgan fingerprint density at radius 3 is 2.13 bits per heavy atom. The molecule has 3 rings (SSSR count). The number of methoxy groups -OCH3 is 4. The van der Waals surface area contributed by atoms with Gasteiger partial charge in [-0.25, -0.2) is 18.6 Å². The Kier molecular flexibility index (Phi) is 9.70. The number of rotatable bonds is 11. The second kappa shape index (κ2) is 13.1. The molecule has 1 N–H and O–H groups in total. The molecular weight excluding hydrogens is 530 g/mol. The van der Waals surface area contributed by atoms with E-state index in [1.165, 1.54) is 71.1 Å². The topological polar surface area (TPSA) is 142 Å². The number of benzene rings is 3. The molecule has 3 aromatic carbocycles. The third kappa shape index (κ3) is 7.17. The molecule has 0 spiro atoms. The van der Waals surface area contributed by atoms with Gasteiger partial charge in [-0.15, -0.1) is 0 Å². The van der Waals surface area contributed by atoms with E-state index in [-0.39, 0.29) is 27.8 Å². The SMILES string of the molecule is COC(=O)Oc1ccc(/C=N/NC(=O)CN(c2ccc(OC)c(OC)c2)S(=O)(=O)c2ccccc2)cc1OC. The molecule has 206 valence electrons. The van der Waals surface area contributed by atoms with Gasteiger partial charge in [-0.1, -0.05) is 18.2 Å². The second-order valence-corrected chi connectivity index (χ2v) is 9.49. The van der Waals surface area contributed by atoms with Crippen LogP contribution in [0.2, 0.25) is 0 Å². The Labute approximate surface area is 225 Å².